The molecule has 1 aliphatic heterocycles. The topological polar surface area (TPSA) is 77.9 Å². The molecule has 1 N–H and O–H groups in total. The van der Waals surface area contributed by atoms with Crippen LogP contribution < -0.4 is 0 Å². The van der Waals surface area contributed by atoms with Gasteiger partial charge in [0.05, 0.1) is 10.5 Å². The first-order valence-electron chi connectivity index (χ1n) is 7.24. The zero-order valence-corrected chi connectivity index (χ0v) is 13.9. The van der Waals surface area contributed by atoms with Gasteiger partial charge < -0.3 is 10.0 Å². The number of piperidine rings is 1. The third-order valence-corrected chi connectivity index (χ3v) is 6.26. The van der Waals surface area contributed by atoms with Crippen molar-refractivity contribution < 1.29 is 18.3 Å². The first-order valence-corrected chi connectivity index (χ1v) is 8.68. The van der Waals surface area contributed by atoms with Gasteiger partial charge in [-0.25, -0.2) is 13.2 Å². The first kappa shape index (κ1) is 16.9. The van der Waals surface area contributed by atoms with E-state index in [-0.39, 0.29) is 16.5 Å². The summed E-state index contributed by atoms with van der Waals surface area (Å²) in [6.45, 7) is 3.34. The number of aromatic carboxylic acids is 1. The summed E-state index contributed by atoms with van der Waals surface area (Å²) in [5.41, 5.74) is 0.541. The van der Waals surface area contributed by atoms with Gasteiger partial charge in [0.1, 0.15) is 0 Å². The molecule has 0 bridgehead atoms. The van der Waals surface area contributed by atoms with E-state index >= 15 is 0 Å². The van der Waals surface area contributed by atoms with E-state index in [0.717, 1.165) is 19.4 Å². The number of benzene rings is 1. The second-order valence-electron chi connectivity index (χ2n) is 5.86. The van der Waals surface area contributed by atoms with Crippen LogP contribution in [0.3, 0.4) is 0 Å². The van der Waals surface area contributed by atoms with Gasteiger partial charge >= 0.3 is 5.97 Å². The highest BCUT2D eigenvalue weighted by Crippen LogP contribution is 2.25. The Balaban J connectivity index is 2.37. The quantitative estimate of drug-likeness (QED) is 0.905. The van der Waals surface area contributed by atoms with Crippen molar-refractivity contribution in [3.8, 4) is 0 Å². The third kappa shape index (κ3) is 3.31. The van der Waals surface area contributed by atoms with Crippen molar-refractivity contribution in [1.82, 2.24) is 9.21 Å². The molecule has 1 aromatic rings. The van der Waals surface area contributed by atoms with Gasteiger partial charge in [-0.15, -0.1) is 0 Å². The Morgan fingerprint density at radius 2 is 2.09 bits per heavy atom. The Kier molecular flexibility index (Phi) is 4.89. The largest absolute Gasteiger partial charge is 0.478 e. The van der Waals surface area contributed by atoms with Crippen LogP contribution in [0.2, 0.25) is 0 Å². The number of likely N-dealkylation sites (N-methyl/N-ethyl adjacent to an activating group) is 2. The lowest BCUT2D eigenvalue weighted by Crippen LogP contribution is -2.47. The summed E-state index contributed by atoms with van der Waals surface area (Å²) in [5.74, 6) is -1.13. The Bertz CT molecular complexity index is 672. The average molecular weight is 326 g/mol. The zero-order valence-electron chi connectivity index (χ0n) is 13.1. The number of rotatable bonds is 4. The summed E-state index contributed by atoms with van der Waals surface area (Å²) in [5, 5.41) is 9.07. The van der Waals surface area contributed by atoms with Gasteiger partial charge in [0.25, 0.3) is 0 Å². The molecule has 1 unspecified atom stereocenters. The summed E-state index contributed by atoms with van der Waals surface area (Å²) in [4.78, 5) is 13.3. The molecule has 1 atom stereocenters. The van der Waals surface area contributed by atoms with Gasteiger partial charge in [-0.2, -0.15) is 4.31 Å². The van der Waals surface area contributed by atoms with E-state index in [1.165, 1.54) is 22.5 Å². The van der Waals surface area contributed by atoms with Crippen molar-refractivity contribution in [2.75, 3.05) is 27.2 Å². The molecule has 0 aromatic heterocycles. The minimum absolute atomic E-state index is 0.0154. The van der Waals surface area contributed by atoms with Gasteiger partial charge in [-0.1, -0.05) is 6.07 Å². The number of carbonyl (C=O) groups is 1. The van der Waals surface area contributed by atoms with E-state index in [2.05, 4.69) is 4.90 Å². The smallest absolute Gasteiger partial charge is 0.335 e. The molecule has 1 saturated heterocycles. The van der Waals surface area contributed by atoms with Crippen LogP contribution >= 0.6 is 0 Å². The normalized spacial score (nSPS) is 20.3. The Morgan fingerprint density at radius 3 is 2.68 bits per heavy atom. The van der Waals surface area contributed by atoms with Gasteiger partial charge in [0.2, 0.25) is 10.0 Å². The maximum atomic E-state index is 12.8. The van der Waals surface area contributed by atoms with Crippen LogP contribution in [0.5, 0.6) is 0 Å². The van der Waals surface area contributed by atoms with Crippen molar-refractivity contribution in [1.29, 1.82) is 0 Å². The number of carboxylic acid groups (broad SMARTS) is 1. The predicted octanol–water partition coefficient (Wildman–Crippen LogP) is 1.41. The summed E-state index contributed by atoms with van der Waals surface area (Å²) in [6, 6.07) is 4.12. The highest BCUT2D eigenvalue weighted by molar-refractivity contribution is 7.89. The molecule has 7 heteroatoms. The summed E-state index contributed by atoms with van der Waals surface area (Å²) in [7, 11) is -0.155. The fraction of sp³-hybridized carbons (Fsp3) is 0.533. The molecule has 1 aromatic carbocycles. The SMILES string of the molecule is Cc1ccc(C(=O)O)cc1S(=O)(=O)N(C)C1CCCN(C)C1. The highest BCUT2D eigenvalue weighted by Gasteiger charge is 2.31. The van der Waals surface area contributed by atoms with Crippen LogP contribution in [0.4, 0.5) is 0 Å². The summed E-state index contributed by atoms with van der Waals surface area (Å²) >= 11 is 0. The van der Waals surface area contributed by atoms with Crippen LogP contribution in [-0.4, -0.2) is 61.9 Å². The second kappa shape index (κ2) is 6.36. The summed E-state index contributed by atoms with van der Waals surface area (Å²) in [6.07, 6.45) is 1.77. The van der Waals surface area contributed by atoms with E-state index < -0.39 is 16.0 Å². The zero-order chi connectivity index (χ0) is 16.5. The molecule has 1 fully saturated rings. The maximum absolute atomic E-state index is 12.8. The van der Waals surface area contributed by atoms with E-state index in [4.69, 9.17) is 5.11 Å². The second-order valence-corrected chi connectivity index (χ2v) is 7.83. The van der Waals surface area contributed by atoms with Gasteiger partial charge in [-0.3, -0.25) is 0 Å². The van der Waals surface area contributed by atoms with E-state index in [9.17, 15) is 13.2 Å². The molecule has 2 rings (SSSR count). The van der Waals surface area contributed by atoms with Crippen LogP contribution in [0, 0.1) is 6.92 Å². The fourth-order valence-corrected chi connectivity index (χ4v) is 4.42. The van der Waals surface area contributed by atoms with Crippen LogP contribution in [0.15, 0.2) is 23.1 Å². The average Bonchev–Trinajstić information content (AvgIpc) is 2.46. The van der Waals surface area contributed by atoms with Crippen molar-refractivity contribution in [2.45, 2.75) is 30.7 Å². The first-order chi connectivity index (χ1) is 10.2. The van der Waals surface area contributed by atoms with E-state index in [1.54, 1.807) is 14.0 Å². The van der Waals surface area contributed by atoms with Gasteiger partial charge in [0, 0.05) is 19.6 Å². The highest BCUT2D eigenvalue weighted by atomic mass is 32.2. The lowest BCUT2D eigenvalue weighted by Gasteiger charge is -2.35. The number of carboxylic acids is 1. The van der Waals surface area contributed by atoms with Crippen LogP contribution in [0.25, 0.3) is 0 Å². The standard InChI is InChI=1S/C15H22N2O4S/c1-11-6-7-12(15(18)19)9-14(11)22(20,21)17(3)13-5-4-8-16(2)10-13/h6-7,9,13H,4-5,8,10H2,1-3H3,(H,18,19). The Labute approximate surface area is 131 Å². The van der Waals surface area contributed by atoms with Crippen molar-refractivity contribution in [2.24, 2.45) is 0 Å². The Hall–Kier alpha value is -1.44. The number of hydrogen-bond donors (Lipinski definition) is 1. The van der Waals surface area contributed by atoms with Crippen LogP contribution in [-0.2, 0) is 10.0 Å². The third-order valence-electron chi connectivity index (χ3n) is 4.21. The molecule has 0 spiro atoms. The number of nitrogens with zero attached hydrogens (tertiary/aromatic N) is 2. The van der Waals surface area contributed by atoms with Gasteiger partial charge in [0.15, 0.2) is 0 Å². The number of sulfonamides is 1. The molecule has 1 heterocycles. The van der Waals surface area contributed by atoms with Crippen molar-refractivity contribution >= 4 is 16.0 Å². The molecular weight excluding hydrogens is 304 g/mol. The molecule has 22 heavy (non-hydrogen) atoms. The Morgan fingerprint density at radius 1 is 1.41 bits per heavy atom. The monoisotopic (exact) mass is 326 g/mol. The number of aryl methyl sites for hydroxylation is 1. The minimum atomic E-state index is -3.71. The molecule has 6 nitrogen and oxygen atoms in total. The van der Waals surface area contributed by atoms with Crippen molar-refractivity contribution in [3.05, 3.63) is 29.3 Å². The molecule has 0 aliphatic carbocycles. The van der Waals surface area contributed by atoms with Crippen molar-refractivity contribution in [3.63, 3.8) is 0 Å². The summed E-state index contributed by atoms with van der Waals surface area (Å²) < 4.78 is 27.1. The fourth-order valence-electron chi connectivity index (χ4n) is 2.80. The lowest BCUT2D eigenvalue weighted by molar-refractivity contribution is 0.0696. The van der Waals surface area contributed by atoms with E-state index in [1.807, 2.05) is 7.05 Å². The molecular formula is C15H22N2O4S. The van der Waals surface area contributed by atoms with Crippen LogP contribution in [0.1, 0.15) is 28.8 Å². The molecule has 0 radical (unpaired) electrons. The number of likely N-dealkylation sites (tertiary alicyclic amines) is 1. The molecule has 0 saturated carbocycles. The predicted molar refractivity (Wildman–Crippen MR) is 83.6 cm³/mol. The molecule has 0 amide bonds. The lowest BCUT2D eigenvalue weighted by atomic mass is 10.1. The minimum Gasteiger partial charge on any atom is -0.478 e. The van der Waals surface area contributed by atoms with Gasteiger partial charge in [-0.05, 0) is 51.1 Å². The number of hydrogen-bond acceptors (Lipinski definition) is 4. The van der Waals surface area contributed by atoms with E-state index in [0.29, 0.717) is 12.1 Å². The molecule has 1 aliphatic rings. The molecule has 122 valence electrons. The maximum Gasteiger partial charge on any atom is 0.335 e.